The van der Waals surface area contributed by atoms with Crippen LogP contribution in [0, 0.1) is 0 Å². The summed E-state index contributed by atoms with van der Waals surface area (Å²) < 4.78 is 53.0. The molecule has 0 aliphatic carbocycles. The first kappa shape index (κ1) is 16.9. The molecule has 1 aliphatic rings. The van der Waals surface area contributed by atoms with Gasteiger partial charge in [0.1, 0.15) is 0 Å². The van der Waals surface area contributed by atoms with E-state index < -0.39 is 22.5 Å². The van der Waals surface area contributed by atoms with Crippen molar-refractivity contribution in [3.05, 3.63) is 48.5 Å². The molecule has 1 saturated heterocycles. The van der Waals surface area contributed by atoms with Crippen LogP contribution in [0.3, 0.4) is 0 Å². The highest BCUT2D eigenvalue weighted by atomic mass is 32.2. The first-order valence-electron chi connectivity index (χ1n) is 7.62. The zero-order chi connectivity index (χ0) is 17.4. The first-order chi connectivity index (χ1) is 11.3. The highest BCUT2D eigenvalue weighted by molar-refractivity contribution is 7.89. The third-order valence-corrected chi connectivity index (χ3v) is 5.93. The SMILES string of the molecule is Nc1cccc(-c2ccc(S(=O)(=O)N3CCCC(F)(F)C3)cc2)c1. The molecule has 0 saturated carbocycles. The molecule has 0 atom stereocenters. The highest BCUT2D eigenvalue weighted by Gasteiger charge is 2.40. The van der Waals surface area contributed by atoms with Crippen LogP contribution in [0.1, 0.15) is 12.8 Å². The van der Waals surface area contributed by atoms with E-state index in [9.17, 15) is 17.2 Å². The Balaban J connectivity index is 1.87. The number of halogens is 2. The normalized spacial score (nSPS) is 18.4. The van der Waals surface area contributed by atoms with Crippen molar-refractivity contribution in [3.8, 4) is 11.1 Å². The van der Waals surface area contributed by atoms with Crippen molar-refractivity contribution >= 4 is 15.7 Å². The Labute approximate surface area is 139 Å². The van der Waals surface area contributed by atoms with Gasteiger partial charge in [0, 0.05) is 18.7 Å². The predicted octanol–water partition coefficient (Wildman–Crippen LogP) is 3.36. The van der Waals surface area contributed by atoms with Crippen molar-refractivity contribution in [2.24, 2.45) is 0 Å². The van der Waals surface area contributed by atoms with Crippen LogP contribution in [0.4, 0.5) is 14.5 Å². The molecule has 3 rings (SSSR count). The van der Waals surface area contributed by atoms with Gasteiger partial charge in [0.05, 0.1) is 11.4 Å². The van der Waals surface area contributed by atoms with Gasteiger partial charge in [-0.25, -0.2) is 17.2 Å². The molecule has 7 heteroatoms. The third kappa shape index (κ3) is 3.42. The molecular weight excluding hydrogens is 334 g/mol. The number of benzene rings is 2. The minimum atomic E-state index is -3.91. The van der Waals surface area contributed by atoms with E-state index in [1.54, 1.807) is 24.3 Å². The van der Waals surface area contributed by atoms with Gasteiger partial charge in [-0.2, -0.15) is 4.31 Å². The topological polar surface area (TPSA) is 63.4 Å². The molecule has 0 radical (unpaired) electrons. The van der Waals surface area contributed by atoms with Crippen molar-refractivity contribution in [2.45, 2.75) is 23.7 Å². The number of sulfonamides is 1. The number of alkyl halides is 2. The Kier molecular flexibility index (Phi) is 4.31. The van der Waals surface area contributed by atoms with E-state index >= 15 is 0 Å². The Hall–Kier alpha value is -1.99. The molecule has 0 amide bonds. The van der Waals surface area contributed by atoms with Crippen LogP contribution in [-0.2, 0) is 10.0 Å². The van der Waals surface area contributed by atoms with Gasteiger partial charge >= 0.3 is 0 Å². The van der Waals surface area contributed by atoms with Gasteiger partial charge in [0.15, 0.2) is 0 Å². The quantitative estimate of drug-likeness (QED) is 0.862. The second-order valence-corrected chi connectivity index (χ2v) is 7.89. The van der Waals surface area contributed by atoms with Crippen LogP contribution in [0.2, 0.25) is 0 Å². The van der Waals surface area contributed by atoms with Crippen molar-refractivity contribution in [1.29, 1.82) is 0 Å². The van der Waals surface area contributed by atoms with Gasteiger partial charge in [-0.1, -0.05) is 24.3 Å². The minimum absolute atomic E-state index is 0.0212. The van der Waals surface area contributed by atoms with Crippen molar-refractivity contribution in [3.63, 3.8) is 0 Å². The number of nitrogens with zero attached hydrogens (tertiary/aromatic N) is 1. The summed E-state index contributed by atoms with van der Waals surface area (Å²) in [6, 6.07) is 13.4. The Morgan fingerprint density at radius 2 is 1.75 bits per heavy atom. The van der Waals surface area contributed by atoms with E-state index in [2.05, 4.69) is 0 Å². The predicted molar refractivity (Wildman–Crippen MR) is 89.2 cm³/mol. The standard InChI is InChI=1S/C17H18F2N2O2S/c18-17(19)9-2-10-21(12-17)24(22,23)16-7-5-13(6-8-16)14-3-1-4-15(20)11-14/h1,3-8,11H,2,9-10,12,20H2. The molecular formula is C17H18F2N2O2S. The van der Waals surface area contributed by atoms with Gasteiger partial charge in [-0.3, -0.25) is 0 Å². The van der Waals surface area contributed by atoms with Crippen LogP contribution in [-0.4, -0.2) is 31.7 Å². The lowest BCUT2D eigenvalue weighted by Crippen LogP contribution is -2.45. The molecule has 1 fully saturated rings. The van der Waals surface area contributed by atoms with Crippen LogP contribution in [0.15, 0.2) is 53.4 Å². The molecule has 0 spiro atoms. The number of piperidine rings is 1. The summed E-state index contributed by atoms with van der Waals surface area (Å²) in [7, 11) is -3.91. The number of anilines is 1. The molecule has 4 nitrogen and oxygen atoms in total. The van der Waals surface area contributed by atoms with Crippen molar-refractivity contribution in [1.82, 2.24) is 4.31 Å². The first-order valence-corrected chi connectivity index (χ1v) is 9.06. The fourth-order valence-electron chi connectivity index (χ4n) is 2.82. The monoisotopic (exact) mass is 352 g/mol. The maximum absolute atomic E-state index is 13.5. The van der Waals surface area contributed by atoms with Crippen molar-refractivity contribution < 1.29 is 17.2 Å². The van der Waals surface area contributed by atoms with Gasteiger partial charge in [-0.15, -0.1) is 0 Å². The van der Waals surface area contributed by atoms with Gasteiger partial charge in [-0.05, 0) is 41.8 Å². The summed E-state index contributed by atoms with van der Waals surface area (Å²) in [6.45, 7) is -0.638. The summed E-state index contributed by atoms with van der Waals surface area (Å²) in [5, 5.41) is 0. The zero-order valence-electron chi connectivity index (χ0n) is 13.0. The van der Waals surface area contributed by atoms with Crippen LogP contribution >= 0.6 is 0 Å². The van der Waals surface area contributed by atoms with E-state index in [1.807, 2.05) is 12.1 Å². The molecule has 0 aromatic heterocycles. The number of hydrogen-bond acceptors (Lipinski definition) is 3. The molecule has 2 aromatic rings. The largest absolute Gasteiger partial charge is 0.399 e. The van der Waals surface area contributed by atoms with Gasteiger partial charge in [0.2, 0.25) is 10.0 Å². The maximum atomic E-state index is 13.5. The van der Waals surface area contributed by atoms with E-state index in [-0.39, 0.29) is 24.3 Å². The lowest BCUT2D eigenvalue weighted by Gasteiger charge is -2.31. The molecule has 2 aromatic carbocycles. The Morgan fingerprint density at radius 1 is 1.04 bits per heavy atom. The molecule has 2 N–H and O–H groups in total. The Bertz CT molecular complexity index is 836. The van der Waals surface area contributed by atoms with E-state index in [0.29, 0.717) is 5.69 Å². The molecule has 0 bridgehead atoms. The number of nitrogens with two attached hydrogens (primary N) is 1. The molecule has 1 aliphatic heterocycles. The maximum Gasteiger partial charge on any atom is 0.261 e. The summed E-state index contributed by atoms with van der Waals surface area (Å²) in [6.07, 6.45) is -0.110. The molecule has 24 heavy (non-hydrogen) atoms. The number of rotatable bonds is 3. The molecule has 128 valence electrons. The second kappa shape index (κ2) is 6.14. The van der Waals surface area contributed by atoms with Crippen LogP contribution < -0.4 is 5.73 Å². The van der Waals surface area contributed by atoms with Gasteiger partial charge in [0.25, 0.3) is 5.92 Å². The lowest BCUT2D eigenvalue weighted by atomic mass is 10.1. The van der Waals surface area contributed by atoms with Crippen LogP contribution in [0.25, 0.3) is 11.1 Å². The second-order valence-electron chi connectivity index (χ2n) is 5.95. The number of nitrogen functional groups attached to an aromatic ring is 1. The zero-order valence-corrected chi connectivity index (χ0v) is 13.8. The summed E-state index contributed by atoms with van der Waals surface area (Å²) in [5.74, 6) is -2.97. The minimum Gasteiger partial charge on any atom is -0.399 e. The summed E-state index contributed by atoms with van der Waals surface area (Å²) in [4.78, 5) is 0.0212. The summed E-state index contributed by atoms with van der Waals surface area (Å²) >= 11 is 0. The molecule has 1 heterocycles. The Morgan fingerprint density at radius 3 is 2.38 bits per heavy atom. The smallest absolute Gasteiger partial charge is 0.261 e. The average Bonchev–Trinajstić information content (AvgIpc) is 2.54. The highest BCUT2D eigenvalue weighted by Crippen LogP contribution is 2.31. The van der Waals surface area contributed by atoms with Gasteiger partial charge < -0.3 is 5.73 Å². The lowest BCUT2D eigenvalue weighted by molar-refractivity contribution is -0.0434. The average molecular weight is 352 g/mol. The fraction of sp³-hybridized carbons (Fsp3) is 0.294. The van der Waals surface area contributed by atoms with E-state index in [0.717, 1.165) is 15.4 Å². The number of hydrogen-bond donors (Lipinski definition) is 1. The summed E-state index contributed by atoms with van der Waals surface area (Å²) in [5.41, 5.74) is 8.03. The third-order valence-electron chi connectivity index (χ3n) is 4.07. The fourth-order valence-corrected chi connectivity index (χ4v) is 4.33. The molecule has 0 unspecified atom stereocenters. The van der Waals surface area contributed by atoms with E-state index in [1.165, 1.54) is 12.1 Å². The van der Waals surface area contributed by atoms with Crippen LogP contribution in [0.5, 0.6) is 0 Å². The van der Waals surface area contributed by atoms with Crippen molar-refractivity contribution in [2.75, 3.05) is 18.8 Å². The van der Waals surface area contributed by atoms with E-state index in [4.69, 9.17) is 5.73 Å².